The highest BCUT2D eigenvalue weighted by Gasteiger charge is 2.21. The van der Waals surface area contributed by atoms with Crippen LogP contribution in [0.3, 0.4) is 0 Å². The van der Waals surface area contributed by atoms with Crippen LogP contribution in [0.15, 0.2) is 41.8 Å². The fraction of sp³-hybridized carbons (Fsp3) is 0.429. The van der Waals surface area contributed by atoms with Crippen molar-refractivity contribution in [2.45, 2.75) is 36.9 Å². The molecule has 2 aromatic rings. The molecule has 1 aromatic heterocycles. The fourth-order valence-corrected chi connectivity index (χ4v) is 3.64. The molecule has 5 heteroatoms. The average molecular weight is 274 g/mol. The molecular weight excluding hydrogens is 256 g/mol. The van der Waals surface area contributed by atoms with Crippen LogP contribution in [0.2, 0.25) is 0 Å². The Kier molecular flexibility index (Phi) is 3.84. The molecule has 0 saturated carbocycles. The number of hydrogen-bond donors (Lipinski definition) is 1. The summed E-state index contributed by atoms with van der Waals surface area (Å²) in [5.74, 6) is 1.19. The Morgan fingerprint density at radius 3 is 3.21 bits per heavy atom. The van der Waals surface area contributed by atoms with Crippen molar-refractivity contribution in [3.8, 4) is 0 Å². The van der Waals surface area contributed by atoms with Gasteiger partial charge in [0.25, 0.3) is 0 Å². The third-order valence-electron chi connectivity index (χ3n) is 3.37. The van der Waals surface area contributed by atoms with Gasteiger partial charge in [0.1, 0.15) is 12.7 Å². The molecule has 1 aromatic carbocycles. The summed E-state index contributed by atoms with van der Waals surface area (Å²) >= 11 is 1.96. The quantitative estimate of drug-likeness (QED) is 0.930. The van der Waals surface area contributed by atoms with E-state index in [1.165, 1.54) is 22.6 Å². The highest BCUT2D eigenvalue weighted by Crippen LogP contribution is 2.35. The number of rotatable bonds is 4. The van der Waals surface area contributed by atoms with E-state index in [0.717, 1.165) is 6.54 Å². The van der Waals surface area contributed by atoms with Crippen LogP contribution in [0.4, 0.5) is 0 Å². The van der Waals surface area contributed by atoms with Crippen molar-refractivity contribution >= 4 is 11.8 Å². The molecule has 0 radical (unpaired) electrons. The molecule has 4 nitrogen and oxygen atoms in total. The van der Waals surface area contributed by atoms with E-state index in [4.69, 9.17) is 0 Å². The van der Waals surface area contributed by atoms with Crippen molar-refractivity contribution in [1.29, 1.82) is 0 Å². The molecule has 2 heterocycles. The lowest BCUT2D eigenvalue weighted by molar-refractivity contribution is 0.389. The summed E-state index contributed by atoms with van der Waals surface area (Å²) in [6, 6.07) is 9.53. The summed E-state index contributed by atoms with van der Waals surface area (Å²) in [7, 11) is 0. The molecule has 2 atom stereocenters. The van der Waals surface area contributed by atoms with Crippen molar-refractivity contribution < 1.29 is 0 Å². The molecule has 0 amide bonds. The lowest BCUT2D eigenvalue weighted by atomic mass is 10.0. The predicted molar refractivity (Wildman–Crippen MR) is 77.1 cm³/mol. The van der Waals surface area contributed by atoms with Gasteiger partial charge in [-0.1, -0.05) is 18.2 Å². The Morgan fingerprint density at radius 1 is 1.47 bits per heavy atom. The zero-order chi connectivity index (χ0) is 13.1. The van der Waals surface area contributed by atoms with Crippen LogP contribution >= 0.6 is 11.8 Å². The SMILES string of the molecule is C[C@@H](Cn1cncn1)N[C@@H]1CCSc2ccccc21. The standard InChI is InChI=1S/C14H18N4S/c1-11(8-18-10-15-9-16-18)17-13-6-7-19-14-5-3-2-4-12(13)14/h2-5,9-11,13,17H,6-8H2,1H3/t11-,13+/m0/s1. The number of thioether (sulfide) groups is 1. The van der Waals surface area contributed by atoms with Crippen LogP contribution in [0, 0.1) is 0 Å². The first-order valence-electron chi connectivity index (χ1n) is 6.63. The van der Waals surface area contributed by atoms with Crippen LogP contribution in [0.5, 0.6) is 0 Å². The normalized spacial score (nSPS) is 19.9. The molecule has 0 spiro atoms. The monoisotopic (exact) mass is 274 g/mol. The second-order valence-electron chi connectivity index (χ2n) is 4.91. The molecule has 100 valence electrons. The molecule has 1 aliphatic rings. The van der Waals surface area contributed by atoms with E-state index in [-0.39, 0.29) is 0 Å². The average Bonchev–Trinajstić information content (AvgIpc) is 2.92. The molecule has 0 saturated heterocycles. The van der Waals surface area contributed by atoms with Crippen LogP contribution in [0.1, 0.15) is 24.9 Å². The Bertz CT molecular complexity index is 526. The van der Waals surface area contributed by atoms with E-state index in [9.17, 15) is 0 Å². The summed E-state index contributed by atoms with van der Waals surface area (Å²) in [5, 5.41) is 7.87. The van der Waals surface area contributed by atoms with Crippen molar-refractivity contribution in [3.05, 3.63) is 42.5 Å². The Balaban J connectivity index is 1.67. The minimum absolute atomic E-state index is 0.378. The second kappa shape index (κ2) is 5.75. The van der Waals surface area contributed by atoms with Gasteiger partial charge in [0, 0.05) is 17.0 Å². The first kappa shape index (κ1) is 12.7. The van der Waals surface area contributed by atoms with Gasteiger partial charge >= 0.3 is 0 Å². The van der Waals surface area contributed by atoms with E-state index < -0.39 is 0 Å². The third-order valence-corrected chi connectivity index (χ3v) is 4.49. The fourth-order valence-electron chi connectivity index (χ4n) is 2.52. The van der Waals surface area contributed by atoms with Crippen molar-refractivity contribution in [2.75, 3.05) is 5.75 Å². The van der Waals surface area contributed by atoms with Gasteiger partial charge in [-0.15, -0.1) is 11.8 Å². The molecular formula is C14H18N4S. The van der Waals surface area contributed by atoms with Gasteiger partial charge in [-0.2, -0.15) is 5.10 Å². The van der Waals surface area contributed by atoms with Crippen LogP contribution in [-0.4, -0.2) is 26.6 Å². The van der Waals surface area contributed by atoms with Crippen molar-refractivity contribution in [1.82, 2.24) is 20.1 Å². The van der Waals surface area contributed by atoms with Gasteiger partial charge in [-0.3, -0.25) is 4.68 Å². The highest BCUT2D eigenvalue weighted by molar-refractivity contribution is 7.99. The van der Waals surface area contributed by atoms with Gasteiger partial charge in [0.2, 0.25) is 0 Å². The first-order valence-corrected chi connectivity index (χ1v) is 7.61. The maximum atomic E-state index is 4.16. The minimum Gasteiger partial charge on any atom is -0.306 e. The lowest BCUT2D eigenvalue weighted by Crippen LogP contribution is -2.35. The summed E-state index contributed by atoms with van der Waals surface area (Å²) in [6.45, 7) is 3.05. The Labute approximate surface area is 117 Å². The third kappa shape index (κ3) is 2.98. The number of hydrogen-bond acceptors (Lipinski definition) is 4. The van der Waals surface area contributed by atoms with E-state index in [2.05, 4.69) is 46.6 Å². The zero-order valence-electron chi connectivity index (χ0n) is 11.0. The van der Waals surface area contributed by atoms with Crippen LogP contribution in [-0.2, 0) is 6.54 Å². The summed E-state index contributed by atoms with van der Waals surface area (Å²) < 4.78 is 1.88. The molecule has 19 heavy (non-hydrogen) atoms. The predicted octanol–water partition coefficient (Wildman–Crippen LogP) is 2.49. The van der Waals surface area contributed by atoms with Gasteiger partial charge in [0.05, 0.1) is 6.54 Å². The molecule has 0 fully saturated rings. The number of benzene rings is 1. The molecule has 0 aliphatic carbocycles. The number of nitrogens with one attached hydrogen (secondary N) is 1. The van der Waals surface area contributed by atoms with E-state index >= 15 is 0 Å². The van der Waals surface area contributed by atoms with Gasteiger partial charge in [-0.25, -0.2) is 4.98 Å². The smallest absolute Gasteiger partial charge is 0.137 e. The number of aromatic nitrogens is 3. The maximum Gasteiger partial charge on any atom is 0.137 e. The topological polar surface area (TPSA) is 42.7 Å². The van der Waals surface area contributed by atoms with Gasteiger partial charge in [0.15, 0.2) is 0 Å². The van der Waals surface area contributed by atoms with Crippen LogP contribution in [0.25, 0.3) is 0 Å². The Hall–Kier alpha value is -1.33. The lowest BCUT2D eigenvalue weighted by Gasteiger charge is -2.28. The maximum absolute atomic E-state index is 4.16. The van der Waals surface area contributed by atoms with E-state index in [0.29, 0.717) is 12.1 Å². The first-order chi connectivity index (χ1) is 9.33. The van der Waals surface area contributed by atoms with Gasteiger partial charge < -0.3 is 5.32 Å². The van der Waals surface area contributed by atoms with E-state index in [1.54, 1.807) is 12.7 Å². The minimum atomic E-state index is 0.378. The van der Waals surface area contributed by atoms with E-state index in [1.807, 2.05) is 16.4 Å². The summed E-state index contributed by atoms with van der Waals surface area (Å²) in [4.78, 5) is 5.39. The Morgan fingerprint density at radius 2 is 2.37 bits per heavy atom. The van der Waals surface area contributed by atoms with Crippen LogP contribution < -0.4 is 5.32 Å². The number of fused-ring (bicyclic) bond motifs is 1. The molecule has 1 N–H and O–H groups in total. The molecule has 1 aliphatic heterocycles. The number of nitrogens with zero attached hydrogens (tertiary/aromatic N) is 3. The zero-order valence-corrected chi connectivity index (χ0v) is 11.8. The highest BCUT2D eigenvalue weighted by atomic mass is 32.2. The molecule has 0 bridgehead atoms. The van der Waals surface area contributed by atoms with Crippen molar-refractivity contribution in [2.24, 2.45) is 0 Å². The molecule has 3 rings (SSSR count). The second-order valence-corrected chi connectivity index (χ2v) is 6.05. The largest absolute Gasteiger partial charge is 0.306 e. The summed E-state index contributed by atoms with van der Waals surface area (Å²) in [5.41, 5.74) is 1.43. The molecule has 0 unspecified atom stereocenters. The van der Waals surface area contributed by atoms with Gasteiger partial charge in [-0.05, 0) is 30.7 Å². The van der Waals surface area contributed by atoms with Crippen molar-refractivity contribution in [3.63, 3.8) is 0 Å². The summed E-state index contributed by atoms with van der Waals surface area (Å²) in [6.07, 6.45) is 4.53.